The molecule has 10 heteroatoms. The maximum atomic E-state index is 13.0. The summed E-state index contributed by atoms with van der Waals surface area (Å²) >= 11 is 0. The average molecular weight is 467 g/mol. The van der Waals surface area contributed by atoms with Crippen LogP contribution in [0.5, 0.6) is 0 Å². The van der Waals surface area contributed by atoms with Crippen molar-refractivity contribution in [2.45, 2.75) is 76.6 Å². The number of halogens is 3. The van der Waals surface area contributed by atoms with Crippen LogP contribution in [0.25, 0.3) is 11.1 Å². The molecule has 3 N–H and O–H groups in total. The second-order valence-corrected chi connectivity index (χ2v) is 8.49. The van der Waals surface area contributed by atoms with Gasteiger partial charge in [0.05, 0.1) is 6.04 Å². The highest BCUT2D eigenvalue weighted by atomic mass is 19.4. The predicted molar refractivity (Wildman–Crippen MR) is 118 cm³/mol. The summed E-state index contributed by atoms with van der Waals surface area (Å²) in [6.45, 7) is 1.71. The number of carbonyl (C=O) groups excluding carboxylic acids is 2. The molecular formula is C23H29F3N4O3. The molecule has 33 heavy (non-hydrogen) atoms. The van der Waals surface area contributed by atoms with Crippen LogP contribution in [0.4, 0.5) is 13.2 Å². The quantitative estimate of drug-likeness (QED) is 0.320. The fraction of sp³-hybridized carbons (Fsp3) is 0.565. The van der Waals surface area contributed by atoms with Gasteiger partial charge in [-0.3, -0.25) is 14.6 Å². The number of nitrogens with zero attached hydrogens (tertiary/aromatic N) is 2. The van der Waals surface area contributed by atoms with Crippen LogP contribution in [0.2, 0.25) is 0 Å². The molecule has 1 amide bonds. The zero-order chi connectivity index (χ0) is 24.0. The molecule has 1 unspecified atom stereocenters. The summed E-state index contributed by atoms with van der Waals surface area (Å²) in [5.74, 6) is -1.73. The van der Waals surface area contributed by atoms with E-state index in [0.717, 1.165) is 32.1 Å². The van der Waals surface area contributed by atoms with Crippen LogP contribution in [-0.2, 0) is 4.79 Å². The minimum absolute atomic E-state index is 0.132. The lowest BCUT2D eigenvalue weighted by Gasteiger charge is -2.25. The Labute approximate surface area is 190 Å². The van der Waals surface area contributed by atoms with Crippen molar-refractivity contribution in [1.82, 2.24) is 10.3 Å². The smallest absolute Gasteiger partial charge is 0.395 e. The van der Waals surface area contributed by atoms with E-state index in [1.807, 2.05) is 0 Å². The molecule has 1 aromatic heterocycles. The molecule has 1 fully saturated rings. The van der Waals surface area contributed by atoms with E-state index in [-0.39, 0.29) is 24.7 Å². The maximum absolute atomic E-state index is 13.0. The van der Waals surface area contributed by atoms with Crippen molar-refractivity contribution >= 4 is 28.6 Å². The molecular weight excluding hydrogens is 437 g/mol. The van der Waals surface area contributed by atoms with E-state index in [1.165, 1.54) is 0 Å². The van der Waals surface area contributed by atoms with Crippen molar-refractivity contribution in [3.63, 3.8) is 0 Å². The van der Waals surface area contributed by atoms with E-state index < -0.39 is 42.2 Å². The van der Waals surface area contributed by atoms with E-state index in [9.17, 15) is 22.8 Å². The Morgan fingerprint density at radius 1 is 1.24 bits per heavy atom. The third-order valence-electron chi connectivity index (χ3n) is 5.83. The standard InChI is InChI=1S/C23H29F3N4O3/c1-2-15(20(31)22-30-16-10-6-7-11-18(16)33-22)29-21(32)17(12-14-8-4-3-5-9-14)28-19(27)13-23(24,25)26/h6-7,10-11,14-15,17H,2-5,8-9,12-13H2,1H3,(H2,27,28)(H,29,32)/t15?,17-/m0/s1. The molecule has 1 aliphatic rings. The number of hydrogen-bond donors (Lipinski definition) is 2. The molecule has 0 bridgehead atoms. The molecule has 0 aliphatic heterocycles. The highest BCUT2D eigenvalue weighted by Crippen LogP contribution is 2.29. The predicted octanol–water partition coefficient (Wildman–Crippen LogP) is 4.55. The largest absolute Gasteiger partial charge is 0.434 e. The van der Waals surface area contributed by atoms with E-state index in [2.05, 4.69) is 15.3 Å². The monoisotopic (exact) mass is 466 g/mol. The normalized spacial score (nSPS) is 17.6. The van der Waals surface area contributed by atoms with Crippen LogP contribution in [0.15, 0.2) is 33.7 Å². The van der Waals surface area contributed by atoms with Crippen molar-refractivity contribution in [2.75, 3.05) is 0 Å². The number of hydrogen-bond acceptors (Lipinski definition) is 5. The highest BCUT2D eigenvalue weighted by molar-refractivity contribution is 6.00. The SMILES string of the molecule is CCC(NC(=O)[C@H](CC1CCCCC1)N=C(N)CC(F)(F)F)C(=O)c1nc2ccccc2o1. The molecule has 0 spiro atoms. The number of fused-ring (bicyclic) bond motifs is 1. The molecule has 2 aromatic rings. The number of nitrogens with two attached hydrogens (primary N) is 1. The molecule has 1 heterocycles. The molecule has 0 radical (unpaired) electrons. The molecule has 1 aliphatic carbocycles. The molecule has 0 saturated heterocycles. The zero-order valence-electron chi connectivity index (χ0n) is 18.5. The van der Waals surface area contributed by atoms with E-state index in [1.54, 1.807) is 31.2 Å². The van der Waals surface area contributed by atoms with Crippen LogP contribution in [0.3, 0.4) is 0 Å². The Morgan fingerprint density at radius 3 is 2.58 bits per heavy atom. The number of ketones is 1. The second-order valence-electron chi connectivity index (χ2n) is 8.49. The average Bonchev–Trinajstić information content (AvgIpc) is 3.20. The summed E-state index contributed by atoms with van der Waals surface area (Å²) in [7, 11) is 0. The number of amides is 1. The van der Waals surface area contributed by atoms with Gasteiger partial charge in [-0.25, -0.2) is 4.98 Å². The van der Waals surface area contributed by atoms with Gasteiger partial charge < -0.3 is 15.5 Å². The van der Waals surface area contributed by atoms with Crippen LogP contribution in [-0.4, -0.2) is 40.8 Å². The number of carbonyl (C=O) groups is 2. The first-order valence-electron chi connectivity index (χ1n) is 11.2. The van der Waals surface area contributed by atoms with Gasteiger partial charge in [-0.05, 0) is 30.9 Å². The number of oxazole rings is 1. The van der Waals surface area contributed by atoms with Gasteiger partial charge in [-0.15, -0.1) is 0 Å². The second kappa shape index (κ2) is 10.8. The Hall–Kier alpha value is -2.91. The summed E-state index contributed by atoms with van der Waals surface area (Å²) in [5.41, 5.74) is 6.48. The van der Waals surface area contributed by atoms with E-state index in [4.69, 9.17) is 10.2 Å². The van der Waals surface area contributed by atoms with Crippen molar-refractivity contribution in [3.8, 4) is 0 Å². The first-order valence-corrected chi connectivity index (χ1v) is 11.2. The number of para-hydroxylation sites is 2. The number of benzene rings is 1. The lowest BCUT2D eigenvalue weighted by Crippen LogP contribution is -2.46. The Kier molecular flexibility index (Phi) is 8.10. The number of nitrogens with one attached hydrogen (secondary N) is 1. The van der Waals surface area contributed by atoms with Gasteiger partial charge in [0.2, 0.25) is 11.7 Å². The number of amidine groups is 1. The molecule has 3 rings (SSSR count). The van der Waals surface area contributed by atoms with Crippen molar-refractivity contribution in [3.05, 3.63) is 30.2 Å². The van der Waals surface area contributed by atoms with Gasteiger partial charge in [0.15, 0.2) is 5.58 Å². The fourth-order valence-electron chi connectivity index (χ4n) is 4.16. The molecule has 7 nitrogen and oxygen atoms in total. The summed E-state index contributed by atoms with van der Waals surface area (Å²) in [6.07, 6.45) is -0.476. The molecule has 2 atom stereocenters. The number of Topliss-reactive ketones (excluding diaryl/α,β-unsaturated/α-hetero) is 1. The third-order valence-corrected chi connectivity index (χ3v) is 5.83. The molecule has 1 saturated carbocycles. The van der Waals surface area contributed by atoms with Crippen LogP contribution < -0.4 is 11.1 Å². The number of aromatic nitrogens is 1. The summed E-state index contributed by atoms with van der Waals surface area (Å²) in [5, 5.41) is 2.63. The van der Waals surface area contributed by atoms with Crippen molar-refractivity contribution < 1.29 is 27.2 Å². The highest BCUT2D eigenvalue weighted by Gasteiger charge is 2.32. The van der Waals surface area contributed by atoms with Gasteiger partial charge >= 0.3 is 6.18 Å². The number of rotatable bonds is 9. The zero-order valence-corrected chi connectivity index (χ0v) is 18.5. The fourth-order valence-corrected chi connectivity index (χ4v) is 4.16. The Morgan fingerprint density at radius 2 is 1.94 bits per heavy atom. The molecule has 180 valence electrons. The van der Waals surface area contributed by atoms with E-state index >= 15 is 0 Å². The van der Waals surface area contributed by atoms with Crippen molar-refractivity contribution in [2.24, 2.45) is 16.6 Å². The lowest BCUT2D eigenvalue weighted by atomic mass is 9.84. The summed E-state index contributed by atoms with van der Waals surface area (Å²) in [6, 6.07) is 4.85. The van der Waals surface area contributed by atoms with Gasteiger partial charge in [0, 0.05) is 0 Å². The van der Waals surface area contributed by atoms with Crippen LogP contribution >= 0.6 is 0 Å². The minimum Gasteiger partial charge on any atom is -0.434 e. The minimum atomic E-state index is -4.52. The first kappa shape index (κ1) is 24.7. The van der Waals surface area contributed by atoms with Gasteiger partial charge in [0.25, 0.3) is 5.89 Å². The van der Waals surface area contributed by atoms with Crippen LogP contribution in [0.1, 0.15) is 69.0 Å². The first-order chi connectivity index (χ1) is 15.7. The lowest BCUT2D eigenvalue weighted by molar-refractivity contribution is -0.124. The topological polar surface area (TPSA) is 111 Å². The van der Waals surface area contributed by atoms with Gasteiger partial charge in [-0.1, -0.05) is 51.2 Å². The Balaban J connectivity index is 1.76. The number of aliphatic imine (C=N–C) groups is 1. The maximum Gasteiger partial charge on any atom is 0.395 e. The summed E-state index contributed by atoms with van der Waals surface area (Å²) in [4.78, 5) is 34.1. The van der Waals surface area contributed by atoms with E-state index in [0.29, 0.717) is 11.1 Å². The van der Waals surface area contributed by atoms with Crippen LogP contribution in [0, 0.1) is 5.92 Å². The van der Waals surface area contributed by atoms with Gasteiger partial charge in [-0.2, -0.15) is 13.2 Å². The third kappa shape index (κ3) is 7.03. The number of alkyl halides is 3. The summed E-state index contributed by atoms with van der Waals surface area (Å²) < 4.78 is 43.7. The van der Waals surface area contributed by atoms with Crippen molar-refractivity contribution in [1.29, 1.82) is 0 Å². The Bertz CT molecular complexity index is 963. The molecule has 1 aromatic carbocycles. The van der Waals surface area contributed by atoms with Gasteiger partial charge in [0.1, 0.15) is 23.8 Å².